The van der Waals surface area contributed by atoms with Gasteiger partial charge in [-0.05, 0) is 20.3 Å². The van der Waals surface area contributed by atoms with E-state index in [4.69, 9.17) is 9.84 Å². The molecule has 0 heterocycles. The third-order valence-corrected chi connectivity index (χ3v) is 1.87. The fraction of sp³-hybridized carbons (Fsp3) is 0.636. The van der Waals surface area contributed by atoms with Crippen LogP contribution in [-0.2, 0) is 14.3 Å². The van der Waals surface area contributed by atoms with Gasteiger partial charge in [0, 0.05) is 5.57 Å². The van der Waals surface area contributed by atoms with E-state index >= 15 is 0 Å². The van der Waals surface area contributed by atoms with Crippen molar-refractivity contribution in [2.75, 3.05) is 0 Å². The standard InChI is InChI=1S/C11H18O4/c1-5-6-11(3,4)15-10(14)8(2)7-9(12)13/h2,5-7H2,1,3-4H3,(H,12,13). The molecular weight excluding hydrogens is 196 g/mol. The minimum Gasteiger partial charge on any atom is -0.481 e. The number of hydrogen-bond acceptors (Lipinski definition) is 3. The SMILES string of the molecule is C=C(CC(=O)O)C(=O)OC(C)(C)CCC. The average Bonchev–Trinajstić information content (AvgIpc) is 2.01. The summed E-state index contributed by atoms with van der Waals surface area (Å²) < 4.78 is 5.14. The molecule has 0 atom stereocenters. The van der Waals surface area contributed by atoms with Crippen LogP contribution in [0.4, 0.5) is 0 Å². The van der Waals surface area contributed by atoms with Gasteiger partial charge in [0.05, 0.1) is 6.42 Å². The fourth-order valence-corrected chi connectivity index (χ4v) is 1.23. The van der Waals surface area contributed by atoms with Crippen LogP contribution in [0, 0.1) is 0 Å². The second-order valence-electron chi connectivity index (χ2n) is 4.07. The lowest BCUT2D eigenvalue weighted by Crippen LogP contribution is -2.28. The molecule has 0 spiro atoms. The van der Waals surface area contributed by atoms with Gasteiger partial charge in [-0.15, -0.1) is 0 Å². The van der Waals surface area contributed by atoms with Gasteiger partial charge in [0.2, 0.25) is 0 Å². The Morgan fingerprint density at radius 1 is 1.40 bits per heavy atom. The van der Waals surface area contributed by atoms with E-state index in [1.54, 1.807) is 13.8 Å². The van der Waals surface area contributed by atoms with Gasteiger partial charge in [0.1, 0.15) is 5.60 Å². The summed E-state index contributed by atoms with van der Waals surface area (Å²) in [5.74, 6) is -1.71. The van der Waals surface area contributed by atoms with Crippen LogP contribution >= 0.6 is 0 Å². The highest BCUT2D eigenvalue weighted by Gasteiger charge is 2.23. The molecule has 0 amide bonds. The molecule has 1 N–H and O–H groups in total. The first kappa shape index (κ1) is 13.7. The van der Waals surface area contributed by atoms with Crippen LogP contribution in [0.5, 0.6) is 0 Å². The van der Waals surface area contributed by atoms with Crippen molar-refractivity contribution in [3.05, 3.63) is 12.2 Å². The minimum absolute atomic E-state index is 0.0216. The molecule has 0 aliphatic carbocycles. The van der Waals surface area contributed by atoms with Gasteiger partial charge in [-0.3, -0.25) is 4.79 Å². The molecule has 0 rings (SSSR count). The van der Waals surface area contributed by atoms with Crippen LogP contribution in [0.2, 0.25) is 0 Å². The highest BCUT2D eigenvalue weighted by Crippen LogP contribution is 2.18. The maximum atomic E-state index is 11.4. The zero-order valence-corrected chi connectivity index (χ0v) is 9.50. The van der Waals surface area contributed by atoms with Crippen molar-refractivity contribution in [2.45, 2.75) is 45.6 Å². The monoisotopic (exact) mass is 214 g/mol. The predicted molar refractivity (Wildman–Crippen MR) is 56.5 cm³/mol. The number of carboxylic acids is 1. The van der Waals surface area contributed by atoms with Gasteiger partial charge in [-0.1, -0.05) is 19.9 Å². The van der Waals surface area contributed by atoms with Gasteiger partial charge in [0.25, 0.3) is 0 Å². The lowest BCUT2D eigenvalue weighted by Gasteiger charge is -2.24. The van der Waals surface area contributed by atoms with Crippen molar-refractivity contribution in [1.29, 1.82) is 0 Å². The molecule has 0 fully saturated rings. The zero-order chi connectivity index (χ0) is 12.1. The van der Waals surface area contributed by atoms with Gasteiger partial charge < -0.3 is 9.84 Å². The molecule has 86 valence electrons. The molecule has 15 heavy (non-hydrogen) atoms. The Bertz CT molecular complexity index is 266. The predicted octanol–water partition coefficient (Wildman–Crippen LogP) is 2.14. The van der Waals surface area contributed by atoms with Crippen molar-refractivity contribution in [2.24, 2.45) is 0 Å². The van der Waals surface area contributed by atoms with Gasteiger partial charge >= 0.3 is 11.9 Å². The topological polar surface area (TPSA) is 63.6 Å². The number of carbonyl (C=O) groups excluding carboxylic acids is 1. The molecular formula is C11H18O4. The lowest BCUT2D eigenvalue weighted by molar-refractivity contribution is -0.153. The fourth-order valence-electron chi connectivity index (χ4n) is 1.23. The Labute approximate surface area is 89.9 Å². The summed E-state index contributed by atoms with van der Waals surface area (Å²) in [7, 11) is 0. The van der Waals surface area contributed by atoms with E-state index in [0.29, 0.717) is 0 Å². The van der Waals surface area contributed by atoms with E-state index in [1.807, 2.05) is 6.92 Å². The number of rotatable bonds is 6. The van der Waals surface area contributed by atoms with Crippen molar-refractivity contribution >= 4 is 11.9 Å². The zero-order valence-electron chi connectivity index (χ0n) is 9.50. The van der Waals surface area contributed by atoms with Crippen LogP contribution in [0.3, 0.4) is 0 Å². The second-order valence-corrected chi connectivity index (χ2v) is 4.07. The van der Waals surface area contributed by atoms with E-state index < -0.39 is 17.5 Å². The summed E-state index contributed by atoms with van der Waals surface area (Å²) in [6, 6.07) is 0. The third-order valence-electron chi connectivity index (χ3n) is 1.87. The van der Waals surface area contributed by atoms with Gasteiger partial charge in [-0.25, -0.2) is 4.79 Å². The Hall–Kier alpha value is -1.32. The van der Waals surface area contributed by atoms with Crippen LogP contribution in [0.25, 0.3) is 0 Å². The number of esters is 1. The summed E-state index contributed by atoms with van der Waals surface area (Å²) in [5, 5.41) is 8.47. The van der Waals surface area contributed by atoms with Crippen molar-refractivity contribution in [1.82, 2.24) is 0 Å². The molecule has 0 bridgehead atoms. The van der Waals surface area contributed by atoms with Crippen LogP contribution < -0.4 is 0 Å². The summed E-state index contributed by atoms with van der Waals surface area (Å²) in [6.07, 6.45) is 1.26. The number of hydrogen-bond donors (Lipinski definition) is 1. The van der Waals surface area contributed by atoms with Crippen molar-refractivity contribution in [3.63, 3.8) is 0 Å². The Morgan fingerprint density at radius 2 is 1.93 bits per heavy atom. The van der Waals surface area contributed by atoms with E-state index in [0.717, 1.165) is 12.8 Å². The lowest BCUT2D eigenvalue weighted by atomic mass is 10.0. The smallest absolute Gasteiger partial charge is 0.334 e. The highest BCUT2D eigenvalue weighted by molar-refractivity contribution is 5.93. The molecule has 0 unspecified atom stereocenters. The number of carbonyl (C=O) groups is 2. The van der Waals surface area contributed by atoms with Gasteiger partial charge in [-0.2, -0.15) is 0 Å². The summed E-state index contributed by atoms with van der Waals surface area (Å²) in [5.41, 5.74) is -0.584. The number of aliphatic carboxylic acids is 1. The molecule has 0 aliphatic rings. The normalized spacial score (nSPS) is 10.9. The molecule has 0 aromatic heterocycles. The first-order valence-electron chi connectivity index (χ1n) is 4.91. The minimum atomic E-state index is -1.08. The average molecular weight is 214 g/mol. The molecule has 0 saturated carbocycles. The summed E-state index contributed by atoms with van der Waals surface area (Å²) >= 11 is 0. The molecule has 0 aliphatic heterocycles. The molecule has 0 radical (unpaired) electrons. The van der Waals surface area contributed by atoms with E-state index in [9.17, 15) is 9.59 Å². The third kappa shape index (κ3) is 5.88. The Kier molecular flexibility index (Phi) is 5.05. The second kappa shape index (κ2) is 5.53. The van der Waals surface area contributed by atoms with E-state index in [-0.39, 0.29) is 12.0 Å². The van der Waals surface area contributed by atoms with E-state index in [2.05, 4.69) is 6.58 Å². The van der Waals surface area contributed by atoms with E-state index in [1.165, 1.54) is 0 Å². The maximum Gasteiger partial charge on any atom is 0.334 e. The molecule has 0 aromatic carbocycles. The van der Waals surface area contributed by atoms with Crippen molar-refractivity contribution in [3.8, 4) is 0 Å². The van der Waals surface area contributed by atoms with Crippen LogP contribution in [0.1, 0.15) is 40.0 Å². The first-order valence-corrected chi connectivity index (χ1v) is 4.91. The Balaban J connectivity index is 4.24. The first-order chi connectivity index (χ1) is 6.78. The Morgan fingerprint density at radius 3 is 2.33 bits per heavy atom. The highest BCUT2D eigenvalue weighted by atomic mass is 16.6. The largest absolute Gasteiger partial charge is 0.481 e. The quantitative estimate of drug-likeness (QED) is 0.543. The summed E-state index contributed by atoms with van der Waals surface area (Å²) in [6.45, 7) is 8.96. The van der Waals surface area contributed by atoms with Crippen molar-refractivity contribution < 1.29 is 19.4 Å². The summed E-state index contributed by atoms with van der Waals surface area (Å²) in [4.78, 5) is 21.7. The molecule has 4 heteroatoms. The van der Waals surface area contributed by atoms with Crippen LogP contribution in [0.15, 0.2) is 12.2 Å². The van der Waals surface area contributed by atoms with Crippen LogP contribution in [-0.4, -0.2) is 22.6 Å². The molecule has 0 aromatic rings. The number of ether oxygens (including phenoxy) is 1. The molecule has 4 nitrogen and oxygen atoms in total. The maximum absolute atomic E-state index is 11.4. The molecule has 0 saturated heterocycles. The number of carboxylic acid groups (broad SMARTS) is 1. The van der Waals surface area contributed by atoms with Gasteiger partial charge in [0.15, 0.2) is 0 Å².